The SMILES string of the molecule is Cn1nccc1COc1ccc2c(c1)CCN(C[C@@H](O)CCC(=O)c1cc(NC3CCC3)ccn1)C2.Cn1nccc1COc1ccc2c(c1)CCN(C[C@@H](O)CN)C2.O=C(O)c1cc(NC2CCC2)ccn1.S.S.[2H]CF. The normalized spacial score (nSPS) is 15.8. The van der Waals surface area contributed by atoms with Crippen molar-refractivity contribution in [2.75, 3.05) is 50.5 Å². The Morgan fingerprint density at radius 1 is 0.701 bits per heavy atom. The molecule has 0 unspecified atom stereocenters. The van der Waals surface area contributed by atoms with E-state index in [9.17, 15) is 24.2 Å². The molecule has 4 aromatic heterocycles. The molecule has 6 aromatic rings. The van der Waals surface area contributed by atoms with Gasteiger partial charge in [-0.1, -0.05) is 12.1 Å². The molecular formula is C56H78FN11O7S2. The summed E-state index contributed by atoms with van der Waals surface area (Å²) in [6.45, 7) is 5.97. The van der Waals surface area contributed by atoms with Crippen LogP contribution in [0.3, 0.4) is 0 Å². The van der Waals surface area contributed by atoms with Crippen LogP contribution in [0.2, 0.25) is 0 Å². The van der Waals surface area contributed by atoms with Crippen LogP contribution in [0.4, 0.5) is 15.8 Å². The number of aromatic carboxylic acids is 1. The number of aliphatic hydroxyl groups is 2. The third-order valence-electron chi connectivity index (χ3n) is 14.0. The number of anilines is 2. The van der Waals surface area contributed by atoms with Crippen molar-refractivity contribution in [3.05, 3.63) is 143 Å². The molecule has 0 amide bonds. The number of nitrogens with zero attached hydrogens (tertiary/aromatic N) is 8. The highest BCUT2D eigenvalue weighted by Gasteiger charge is 2.23. The number of nitrogens with two attached hydrogens (primary N) is 1. The zero-order valence-electron chi connectivity index (χ0n) is 45.2. The Balaban J connectivity index is 0.000000228. The smallest absolute Gasteiger partial charge is 0.354 e. The van der Waals surface area contributed by atoms with Gasteiger partial charge in [0.1, 0.15) is 36.1 Å². The molecule has 2 aromatic carbocycles. The molecule has 4 aliphatic rings. The van der Waals surface area contributed by atoms with Crippen LogP contribution >= 0.6 is 27.0 Å². The van der Waals surface area contributed by atoms with Crippen LogP contribution in [0.1, 0.15) is 107 Å². The second kappa shape index (κ2) is 31.4. The molecule has 2 aliphatic heterocycles. The van der Waals surface area contributed by atoms with Gasteiger partial charge in [-0.2, -0.15) is 37.2 Å². The summed E-state index contributed by atoms with van der Waals surface area (Å²) in [5.74, 6) is 0.749. The Labute approximate surface area is 466 Å². The van der Waals surface area contributed by atoms with Gasteiger partial charge in [-0.05, 0) is 141 Å². The highest BCUT2D eigenvalue weighted by molar-refractivity contribution is 7.59. The number of hydrogen-bond donors (Lipinski definition) is 6. The van der Waals surface area contributed by atoms with Crippen LogP contribution < -0.4 is 25.8 Å². The number of aliphatic hydroxyl groups excluding tert-OH is 2. The first kappa shape index (κ1) is 60.2. The van der Waals surface area contributed by atoms with Gasteiger partial charge in [-0.3, -0.25) is 33.3 Å². The number of aryl methyl sites for hydroxylation is 2. The van der Waals surface area contributed by atoms with Crippen LogP contribution in [0, 0.1) is 0 Å². The summed E-state index contributed by atoms with van der Waals surface area (Å²) < 4.78 is 31.0. The molecule has 2 fully saturated rings. The molecular weight excluding hydrogens is 1020 g/mol. The number of alkyl halides is 1. The predicted molar refractivity (Wildman–Crippen MR) is 306 cm³/mol. The second-order valence-electron chi connectivity index (χ2n) is 19.5. The van der Waals surface area contributed by atoms with Crippen molar-refractivity contribution < 1.29 is 40.1 Å². The molecule has 77 heavy (non-hydrogen) atoms. The average Bonchev–Trinajstić information content (AvgIpc) is 4.03. The molecule has 0 radical (unpaired) electrons. The van der Waals surface area contributed by atoms with Gasteiger partial charge in [0.2, 0.25) is 0 Å². The van der Waals surface area contributed by atoms with Crippen molar-refractivity contribution in [2.45, 2.75) is 115 Å². The summed E-state index contributed by atoms with van der Waals surface area (Å²) in [6, 6.07) is 24.6. The maximum atomic E-state index is 12.7. The maximum absolute atomic E-state index is 12.7. The van der Waals surface area contributed by atoms with Gasteiger partial charge < -0.3 is 41.2 Å². The third kappa shape index (κ3) is 18.8. The van der Waals surface area contributed by atoms with E-state index in [-0.39, 0.29) is 38.5 Å². The van der Waals surface area contributed by atoms with Crippen LogP contribution in [0.25, 0.3) is 0 Å². The monoisotopic (exact) mass is 1100 g/mol. The second-order valence-corrected chi connectivity index (χ2v) is 19.5. The maximum Gasteiger partial charge on any atom is 0.354 e. The van der Waals surface area contributed by atoms with Crippen LogP contribution in [0.15, 0.2) is 97.6 Å². The number of carbonyl (C=O) groups excluding carboxylic acids is 1. The summed E-state index contributed by atoms with van der Waals surface area (Å²) in [6.07, 6.45) is 15.6. The zero-order valence-corrected chi connectivity index (χ0v) is 46.2. The molecule has 18 nitrogen and oxygen atoms in total. The Hall–Kier alpha value is -6.07. The molecule has 2 atom stereocenters. The summed E-state index contributed by atoms with van der Waals surface area (Å²) in [4.78, 5) is 35.8. The first-order valence-corrected chi connectivity index (χ1v) is 25.9. The van der Waals surface area contributed by atoms with Crippen LogP contribution in [0.5, 0.6) is 11.5 Å². The first-order valence-electron chi connectivity index (χ1n) is 26.6. The Bertz CT molecular complexity index is 2780. The Kier molecular flexibility index (Phi) is 24.5. The highest BCUT2D eigenvalue weighted by atomic mass is 32.1. The first-order chi connectivity index (χ1) is 36.9. The van der Waals surface area contributed by atoms with E-state index in [1.54, 1.807) is 30.7 Å². The van der Waals surface area contributed by atoms with E-state index in [4.69, 9.17) is 21.7 Å². The van der Waals surface area contributed by atoms with E-state index in [1.807, 2.05) is 59.9 Å². The van der Waals surface area contributed by atoms with Crippen molar-refractivity contribution in [1.29, 1.82) is 0 Å². The lowest BCUT2D eigenvalue weighted by Gasteiger charge is -2.30. The summed E-state index contributed by atoms with van der Waals surface area (Å²) in [5, 5.41) is 44.1. The fourth-order valence-corrected chi connectivity index (χ4v) is 9.14. The number of hydrogen-bond acceptors (Lipinski definition) is 15. The summed E-state index contributed by atoms with van der Waals surface area (Å²) in [7, 11) is 2.82. The van der Waals surface area contributed by atoms with Crippen molar-refractivity contribution in [3.8, 4) is 11.5 Å². The molecule has 10 rings (SSSR count). The predicted octanol–water partition coefficient (Wildman–Crippen LogP) is 6.97. The number of ketones is 1. The lowest BCUT2D eigenvalue weighted by molar-refractivity contribution is 0.0690. The number of halogens is 1. The lowest BCUT2D eigenvalue weighted by atomic mass is 9.93. The average molecular weight is 1100 g/mol. The number of fused-ring (bicyclic) bond motifs is 2. The van der Waals surface area contributed by atoms with Gasteiger partial charge >= 0.3 is 5.97 Å². The van der Waals surface area contributed by atoms with E-state index < -0.39 is 25.3 Å². The molecule has 7 N–H and O–H groups in total. The van der Waals surface area contributed by atoms with Gasteiger partial charge in [-0.15, -0.1) is 0 Å². The number of β-amino-alcohol motifs (C(OH)–C–C–N with tert-alkyl or cyclic N) is 2. The van der Waals surface area contributed by atoms with Crippen LogP contribution in [-0.4, -0.2) is 131 Å². The fraction of sp³-hybridized carbons (Fsp3) is 0.464. The number of pyridine rings is 2. The number of Topliss-reactive ketones (excluding diaryl/α,β-unsaturated/α-hetero) is 1. The lowest BCUT2D eigenvalue weighted by Crippen LogP contribution is -2.39. The Morgan fingerprint density at radius 3 is 1.60 bits per heavy atom. The number of rotatable bonds is 20. The van der Waals surface area contributed by atoms with Crippen molar-refractivity contribution in [2.24, 2.45) is 19.8 Å². The quantitative estimate of drug-likeness (QED) is 0.0424. The highest BCUT2D eigenvalue weighted by Crippen LogP contribution is 2.28. The van der Waals surface area contributed by atoms with Crippen molar-refractivity contribution in [3.63, 3.8) is 0 Å². The van der Waals surface area contributed by atoms with Crippen molar-refractivity contribution >= 4 is 50.1 Å². The van der Waals surface area contributed by atoms with Gasteiger partial charge in [0.05, 0.1) is 32.1 Å². The molecule has 0 bridgehead atoms. The number of nitrogens with one attached hydrogen (secondary N) is 2. The van der Waals surface area contributed by atoms with Gasteiger partial charge in [0.15, 0.2) is 5.78 Å². The molecule has 2 aliphatic carbocycles. The molecule has 6 heterocycles. The summed E-state index contributed by atoms with van der Waals surface area (Å²) >= 11 is 0. The minimum Gasteiger partial charge on any atom is -0.487 e. The number of carbonyl (C=O) groups is 2. The molecule has 0 saturated heterocycles. The van der Waals surface area contributed by atoms with Gasteiger partial charge in [-0.25, -0.2) is 9.78 Å². The van der Waals surface area contributed by atoms with E-state index in [0.29, 0.717) is 63.5 Å². The number of ether oxygens (including phenoxy) is 2. The fourth-order valence-electron chi connectivity index (χ4n) is 9.14. The van der Waals surface area contributed by atoms with Gasteiger partial charge in [0, 0.05) is 115 Å². The van der Waals surface area contributed by atoms with Gasteiger partial charge in [0.25, 0.3) is 0 Å². The molecule has 21 heteroatoms. The van der Waals surface area contributed by atoms with Crippen molar-refractivity contribution in [1.82, 2.24) is 39.3 Å². The topological polar surface area (TPSA) is 231 Å². The Morgan fingerprint density at radius 2 is 1.17 bits per heavy atom. The van der Waals surface area contributed by atoms with E-state index in [0.717, 1.165) is 73.3 Å². The zero-order chi connectivity index (χ0) is 53.8. The molecule has 418 valence electrons. The van der Waals surface area contributed by atoms with E-state index >= 15 is 0 Å². The standard InChI is InChI=1S/C28H35N5O3.C17H24N4O2.C10H12N2O2.CH3F.2H2S/c1-32-24(10-13-30-32)19-36-26-7-5-21-17-33(14-11-20(21)15-26)18-25(34)6-8-28(35)27-16-23(9-12-29-27)31-22-3-2-4-22;1-20-15(4-6-19-20)12-23-17-3-2-14-10-21(11-16(22)9-18)7-5-13(14)8-17;13-10(14)9-6-8(4-5-11-9)12-7-2-1-3-7;1-2;;/h5,7,9-10,12-13,15-16,22,25,34H,2-4,6,8,11,14,17-19H2,1H3,(H,29,31);2-4,6,8,16,22H,5,7,9-12,18H2,1H3;4-7H,1-3H2,(H,11,12)(H,13,14);1H3;2*1H2/t25-;16-;;;;/m00..../s1/i;;;1D;;. The van der Waals surface area contributed by atoms with E-state index in [2.05, 4.69) is 64.9 Å². The third-order valence-corrected chi connectivity index (χ3v) is 14.0. The minimum atomic E-state index is -1.00. The van der Waals surface area contributed by atoms with E-state index in [1.165, 1.54) is 67.0 Å². The number of carboxylic acid groups (broad SMARTS) is 1. The molecule has 0 spiro atoms. The number of benzene rings is 2. The minimum absolute atomic E-state index is 0. The number of aromatic nitrogens is 6. The number of carboxylic acids is 1. The summed E-state index contributed by atoms with van der Waals surface area (Å²) in [5.41, 5.74) is 15.1. The molecule has 2 saturated carbocycles. The largest absolute Gasteiger partial charge is 0.487 e. The van der Waals surface area contributed by atoms with Crippen LogP contribution in [-0.2, 0) is 53.2 Å².